The van der Waals surface area contributed by atoms with Crippen LogP contribution in [0, 0.1) is 29.2 Å². The van der Waals surface area contributed by atoms with Gasteiger partial charge in [0.05, 0.1) is 21.7 Å². The van der Waals surface area contributed by atoms with E-state index in [-0.39, 0.29) is 38.7 Å². The smallest absolute Gasteiger partial charge is 0.478 e. The molecule has 0 spiro atoms. The molecule has 0 aliphatic rings. The van der Waals surface area contributed by atoms with E-state index >= 15 is 0 Å². The van der Waals surface area contributed by atoms with Gasteiger partial charge >= 0.3 is 13.5 Å². The normalized spacial score (nSPS) is 12.5. The van der Waals surface area contributed by atoms with Gasteiger partial charge in [-0.2, -0.15) is 9.71 Å². The molecule has 0 saturated heterocycles. The van der Waals surface area contributed by atoms with Crippen LogP contribution in [-0.4, -0.2) is 38.2 Å². The number of phosphoric acid groups is 1. The van der Waals surface area contributed by atoms with Gasteiger partial charge in [0.2, 0.25) is 24.1 Å². The number of nitro benzene ring substituents is 1. The molecule has 2 aromatic heterocycles. The molecule has 224 valence electrons. The first kappa shape index (κ1) is 32.5. The molecular weight excluding hydrogens is 606 g/mol. The van der Waals surface area contributed by atoms with Crippen molar-refractivity contribution in [3.63, 3.8) is 0 Å². The predicted octanol–water partition coefficient (Wildman–Crippen LogP) is 6.67. The molecule has 0 amide bonds. The van der Waals surface area contributed by atoms with Crippen LogP contribution in [0.15, 0.2) is 16.7 Å². The van der Waals surface area contributed by atoms with E-state index in [9.17, 15) is 25.0 Å². The zero-order chi connectivity index (χ0) is 31.1. The minimum atomic E-state index is -4.20. The summed E-state index contributed by atoms with van der Waals surface area (Å²) >= 11 is 12.5. The molecular formula is C24H29Cl2N4O10P. The minimum absolute atomic E-state index is 0.0368. The number of ether oxygens (including phenoxy) is 1. The Morgan fingerprint density at radius 3 is 2.24 bits per heavy atom. The Hall–Kier alpha value is -3.00. The third kappa shape index (κ3) is 7.64. The topological polar surface area (TPSA) is 183 Å². The first-order chi connectivity index (χ1) is 18.7. The van der Waals surface area contributed by atoms with Crippen LogP contribution in [0.2, 0.25) is 10.2 Å². The van der Waals surface area contributed by atoms with Gasteiger partial charge in [0.25, 0.3) is 11.0 Å². The molecule has 0 unspecified atom stereocenters. The molecule has 0 radical (unpaired) electrons. The van der Waals surface area contributed by atoms with Crippen molar-refractivity contribution in [3.05, 3.63) is 48.9 Å². The molecule has 0 aliphatic heterocycles. The number of halogens is 2. The lowest BCUT2D eigenvalue weighted by Gasteiger charge is -2.30. The number of aromatic hydroxyl groups is 1. The van der Waals surface area contributed by atoms with Gasteiger partial charge in [0, 0.05) is 13.0 Å². The summed E-state index contributed by atoms with van der Waals surface area (Å²) in [5.74, 6) is -1.63. The molecule has 41 heavy (non-hydrogen) atoms. The van der Waals surface area contributed by atoms with Crippen LogP contribution in [0.25, 0.3) is 22.8 Å². The predicted molar refractivity (Wildman–Crippen MR) is 148 cm³/mol. The first-order valence-electron chi connectivity index (χ1n) is 12.0. The van der Waals surface area contributed by atoms with Gasteiger partial charge in [-0.15, -0.1) is 0 Å². The van der Waals surface area contributed by atoms with Gasteiger partial charge in [-0.25, -0.2) is 9.09 Å². The number of nitrogens with zero attached hydrogens (tertiary/aromatic N) is 4. The Morgan fingerprint density at radius 1 is 1.12 bits per heavy atom. The minimum Gasteiger partial charge on any atom is -0.617 e. The van der Waals surface area contributed by atoms with Crippen molar-refractivity contribution in [1.29, 1.82) is 0 Å². The maximum Gasteiger partial charge on any atom is 0.478 e. The zero-order valence-electron chi connectivity index (χ0n) is 23.5. The monoisotopic (exact) mass is 634 g/mol. The maximum atomic E-state index is 13.2. The van der Waals surface area contributed by atoms with Crippen molar-refractivity contribution >= 4 is 36.7 Å². The van der Waals surface area contributed by atoms with Gasteiger partial charge in [0.15, 0.2) is 5.75 Å². The van der Waals surface area contributed by atoms with Gasteiger partial charge in [0.1, 0.15) is 10.6 Å². The fourth-order valence-electron chi connectivity index (χ4n) is 3.44. The Labute approximate surface area is 245 Å². The molecule has 14 nitrogen and oxygen atoms in total. The largest absolute Gasteiger partial charge is 0.617 e. The average Bonchev–Trinajstić information content (AvgIpc) is 3.29. The van der Waals surface area contributed by atoms with E-state index in [2.05, 4.69) is 10.1 Å². The van der Waals surface area contributed by atoms with Crippen molar-refractivity contribution in [3.8, 4) is 34.3 Å². The summed E-state index contributed by atoms with van der Waals surface area (Å²) in [5.41, 5.74) is -1.97. The summed E-state index contributed by atoms with van der Waals surface area (Å²) in [7, 11) is -4.20. The fraction of sp³-hybridized carbons (Fsp3) is 0.458. The van der Waals surface area contributed by atoms with Crippen LogP contribution in [-0.2, 0) is 18.1 Å². The molecule has 2 heterocycles. The second-order valence-electron chi connectivity index (χ2n) is 10.8. The Bertz CT molecular complexity index is 1480. The maximum absolute atomic E-state index is 13.2. The van der Waals surface area contributed by atoms with E-state index in [1.165, 1.54) is 6.92 Å². The highest BCUT2D eigenvalue weighted by Crippen LogP contribution is 2.55. The number of phosphoric ester groups is 1. The molecule has 0 aliphatic carbocycles. The van der Waals surface area contributed by atoms with Crippen LogP contribution >= 0.6 is 31.0 Å². The first-order valence-corrected chi connectivity index (χ1v) is 14.2. The number of hydrogen-bond acceptors (Lipinski definition) is 12. The number of rotatable bonds is 9. The zero-order valence-corrected chi connectivity index (χ0v) is 25.9. The standard InChI is InChI=1S/C24H29Cl2N4O10P/c1-12-17(20(26)29(32)13(2)18(12)25)21-27-22(38-28-21)14-9-15(30(33)34)19(31)16(10-14)36-11-37-41(35,39-23(3,4)5)40-24(6,7)8/h9-10,31H,11H2,1-8H3. The van der Waals surface area contributed by atoms with E-state index in [4.69, 9.17) is 46.0 Å². The van der Waals surface area contributed by atoms with Crippen molar-refractivity contribution in [2.75, 3.05) is 6.79 Å². The van der Waals surface area contributed by atoms with Crippen molar-refractivity contribution in [1.82, 2.24) is 10.1 Å². The summed E-state index contributed by atoms with van der Waals surface area (Å²) in [5, 5.41) is 38.3. The third-order valence-electron chi connectivity index (χ3n) is 5.06. The lowest BCUT2D eigenvalue weighted by atomic mass is 10.1. The SMILES string of the molecule is Cc1c(Cl)c(C)[n+]([O-])c(Cl)c1-c1noc(-c2cc(OCOP(=O)(OC(C)(C)C)OC(C)(C)C)c(O)c([N+](=O)[O-])c2)n1. The van der Waals surface area contributed by atoms with Crippen LogP contribution < -0.4 is 9.47 Å². The fourth-order valence-corrected chi connectivity index (χ4v) is 5.63. The molecule has 0 bridgehead atoms. The molecule has 1 aromatic carbocycles. The lowest BCUT2D eigenvalue weighted by molar-refractivity contribution is -0.609. The van der Waals surface area contributed by atoms with Gasteiger partial charge < -0.3 is 19.6 Å². The van der Waals surface area contributed by atoms with Crippen molar-refractivity contribution in [2.45, 2.75) is 66.6 Å². The molecule has 3 rings (SSSR count). The highest BCUT2D eigenvalue weighted by Gasteiger charge is 2.38. The number of aromatic nitrogens is 3. The molecule has 0 saturated carbocycles. The third-order valence-corrected chi connectivity index (χ3v) is 7.92. The molecule has 17 heteroatoms. The Kier molecular flexibility index (Phi) is 9.28. The second-order valence-corrected chi connectivity index (χ2v) is 13.0. The number of benzene rings is 1. The van der Waals surface area contributed by atoms with E-state index in [0.29, 0.717) is 10.3 Å². The molecule has 0 fully saturated rings. The van der Waals surface area contributed by atoms with E-state index in [1.54, 1.807) is 48.5 Å². The highest BCUT2D eigenvalue weighted by atomic mass is 35.5. The van der Waals surface area contributed by atoms with Crippen LogP contribution in [0.3, 0.4) is 0 Å². The molecule has 0 atom stereocenters. The van der Waals surface area contributed by atoms with Crippen molar-refractivity contribution in [2.24, 2.45) is 0 Å². The highest BCUT2D eigenvalue weighted by molar-refractivity contribution is 7.48. The molecule has 1 N–H and O–H groups in total. The summed E-state index contributed by atoms with van der Waals surface area (Å²) in [4.78, 5) is 15.0. The quantitative estimate of drug-likeness (QED) is 0.0502. The second kappa shape index (κ2) is 11.7. The van der Waals surface area contributed by atoms with Gasteiger partial charge in [-0.1, -0.05) is 16.8 Å². The molecule has 3 aromatic rings. The van der Waals surface area contributed by atoms with E-state index < -0.39 is 47.9 Å². The summed E-state index contributed by atoms with van der Waals surface area (Å²) < 4.78 is 40.6. The Balaban J connectivity index is 1.98. The van der Waals surface area contributed by atoms with E-state index in [0.717, 1.165) is 12.1 Å². The van der Waals surface area contributed by atoms with E-state index in [1.807, 2.05) is 0 Å². The Morgan fingerprint density at radius 2 is 1.71 bits per heavy atom. The van der Waals surface area contributed by atoms with Crippen LogP contribution in [0.1, 0.15) is 52.8 Å². The van der Waals surface area contributed by atoms with Crippen LogP contribution in [0.5, 0.6) is 11.5 Å². The number of phenolic OH excluding ortho intramolecular Hbond substituents is 1. The average molecular weight is 635 g/mol. The summed E-state index contributed by atoms with van der Waals surface area (Å²) in [6, 6.07) is 2.13. The summed E-state index contributed by atoms with van der Waals surface area (Å²) in [6.45, 7) is 12.2. The van der Waals surface area contributed by atoms with Gasteiger partial charge in [-0.05, 0) is 71.7 Å². The van der Waals surface area contributed by atoms with Crippen molar-refractivity contribution < 1.29 is 42.2 Å². The number of hydrogen-bond donors (Lipinski definition) is 1. The summed E-state index contributed by atoms with van der Waals surface area (Å²) in [6.07, 6.45) is 0. The van der Waals surface area contributed by atoms with Gasteiger partial charge in [-0.3, -0.25) is 19.2 Å². The number of nitro groups is 1. The lowest BCUT2D eigenvalue weighted by Crippen LogP contribution is -2.33. The van der Waals surface area contributed by atoms with Crippen LogP contribution in [0.4, 0.5) is 5.69 Å². The number of pyridine rings is 1. The number of phenols is 1.